The van der Waals surface area contributed by atoms with Gasteiger partial charge in [0.2, 0.25) is 0 Å². The summed E-state index contributed by atoms with van der Waals surface area (Å²) in [5.74, 6) is -1.03. The summed E-state index contributed by atoms with van der Waals surface area (Å²) in [7, 11) is 1.58. The normalized spacial score (nSPS) is 12.2. The number of nitrogens with one attached hydrogen (secondary N) is 1. The number of amides is 2. The van der Waals surface area contributed by atoms with Crippen molar-refractivity contribution in [3.63, 3.8) is 0 Å². The molecule has 0 heterocycles. The second-order valence-electron chi connectivity index (χ2n) is 4.46. The van der Waals surface area contributed by atoms with E-state index in [-0.39, 0.29) is 12.6 Å². The van der Waals surface area contributed by atoms with Gasteiger partial charge in [0.05, 0.1) is 6.10 Å². The largest absolute Gasteiger partial charge is 0.478 e. The third-order valence-electron chi connectivity index (χ3n) is 2.44. The Bertz CT molecular complexity index is 512. The van der Waals surface area contributed by atoms with Crippen LogP contribution in [0.2, 0.25) is 0 Å². The average molecular weight is 278 g/mol. The molecule has 0 aliphatic carbocycles. The number of aliphatic hydroxyl groups is 1. The van der Waals surface area contributed by atoms with E-state index in [9.17, 15) is 14.7 Å². The van der Waals surface area contributed by atoms with Crippen molar-refractivity contribution >= 4 is 23.8 Å². The van der Waals surface area contributed by atoms with Gasteiger partial charge < -0.3 is 20.4 Å². The van der Waals surface area contributed by atoms with E-state index in [0.717, 1.165) is 6.08 Å². The maximum atomic E-state index is 11.8. The van der Waals surface area contributed by atoms with E-state index in [0.29, 0.717) is 11.3 Å². The lowest BCUT2D eigenvalue weighted by Gasteiger charge is -2.19. The minimum absolute atomic E-state index is 0.227. The summed E-state index contributed by atoms with van der Waals surface area (Å²) in [6.45, 7) is 1.82. The quantitative estimate of drug-likeness (QED) is 0.714. The molecule has 1 rings (SSSR count). The monoisotopic (exact) mass is 278 g/mol. The van der Waals surface area contributed by atoms with E-state index in [1.54, 1.807) is 38.2 Å². The van der Waals surface area contributed by atoms with Crippen LogP contribution in [0.3, 0.4) is 0 Å². The molecule has 3 N–H and O–H groups in total. The van der Waals surface area contributed by atoms with Gasteiger partial charge in [-0.25, -0.2) is 9.59 Å². The van der Waals surface area contributed by atoms with Crippen LogP contribution in [0.5, 0.6) is 0 Å². The van der Waals surface area contributed by atoms with Gasteiger partial charge in [0.25, 0.3) is 0 Å². The minimum Gasteiger partial charge on any atom is -0.478 e. The Balaban J connectivity index is 2.71. The van der Waals surface area contributed by atoms with Gasteiger partial charge >= 0.3 is 12.0 Å². The van der Waals surface area contributed by atoms with Crippen LogP contribution in [0.1, 0.15) is 12.5 Å². The van der Waals surface area contributed by atoms with Gasteiger partial charge in [-0.2, -0.15) is 0 Å². The Labute approximate surface area is 117 Å². The van der Waals surface area contributed by atoms with Crippen molar-refractivity contribution < 1.29 is 19.8 Å². The third-order valence-corrected chi connectivity index (χ3v) is 2.44. The van der Waals surface area contributed by atoms with Gasteiger partial charge in [-0.3, -0.25) is 0 Å². The van der Waals surface area contributed by atoms with E-state index in [2.05, 4.69) is 5.32 Å². The number of anilines is 1. The number of aliphatic carboxylic acids is 1. The first-order valence-corrected chi connectivity index (χ1v) is 6.09. The number of carbonyl (C=O) groups excluding carboxylic acids is 1. The predicted molar refractivity (Wildman–Crippen MR) is 76.4 cm³/mol. The highest BCUT2D eigenvalue weighted by Gasteiger charge is 2.10. The number of carboxylic acid groups (broad SMARTS) is 1. The van der Waals surface area contributed by atoms with E-state index in [1.807, 2.05) is 0 Å². The summed E-state index contributed by atoms with van der Waals surface area (Å²) in [6, 6.07) is 6.46. The third kappa shape index (κ3) is 5.53. The number of urea groups is 1. The van der Waals surface area contributed by atoms with Gasteiger partial charge in [0.1, 0.15) is 0 Å². The first-order valence-electron chi connectivity index (χ1n) is 6.09. The van der Waals surface area contributed by atoms with Crippen molar-refractivity contribution in [1.29, 1.82) is 0 Å². The maximum absolute atomic E-state index is 11.8. The Morgan fingerprint density at radius 1 is 1.45 bits per heavy atom. The van der Waals surface area contributed by atoms with E-state index in [1.165, 1.54) is 11.0 Å². The predicted octanol–water partition coefficient (Wildman–Crippen LogP) is 1.63. The first-order chi connectivity index (χ1) is 9.38. The molecule has 1 atom stereocenters. The molecule has 2 amide bonds. The second-order valence-corrected chi connectivity index (χ2v) is 4.46. The van der Waals surface area contributed by atoms with Crippen LogP contribution in [0.25, 0.3) is 6.08 Å². The molecule has 0 saturated heterocycles. The lowest BCUT2D eigenvalue weighted by atomic mass is 10.2. The minimum atomic E-state index is -1.03. The standard InChI is InChI=1S/C14H18N2O4/c1-10(17)9-16(2)14(20)15-12-5-3-4-11(8-12)6-7-13(18)19/h3-8,10,17H,9H2,1-2H3,(H,15,20)(H,18,19)/b7-6+. The molecule has 0 saturated carbocycles. The van der Waals surface area contributed by atoms with Crippen LogP contribution in [-0.4, -0.2) is 46.8 Å². The zero-order valence-electron chi connectivity index (χ0n) is 11.4. The topological polar surface area (TPSA) is 89.9 Å². The van der Waals surface area contributed by atoms with E-state index in [4.69, 9.17) is 5.11 Å². The molecule has 1 unspecified atom stereocenters. The average Bonchev–Trinajstić information content (AvgIpc) is 2.36. The molecule has 1 aromatic rings. The fourth-order valence-electron chi connectivity index (χ4n) is 1.59. The molecular weight excluding hydrogens is 260 g/mol. The zero-order valence-corrected chi connectivity index (χ0v) is 11.4. The number of benzene rings is 1. The summed E-state index contributed by atoms with van der Waals surface area (Å²) in [4.78, 5) is 23.6. The highest BCUT2D eigenvalue weighted by molar-refractivity contribution is 5.90. The molecule has 20 heavy (non-hydrogen) atoms. The number of hydrogen-bond acceptors (Lipinski definition) is 3. The van der Waals surface area contributed by atoms with E-state index < -0.39 is 12.1 Å². The van der Waals surface area contributed by atoms with Gasteiger partial charge in [-0.05, 0) is 30.7 Å². The summed E-state index contributed by atoms with van der Waals surface area (Å²) in [6.07, 6.45) is 1.87. The highest BCUT2D eigenvalue weighted by atomic mass is 16.4. The van der Waals surface area contributed by atoms with Gasteiger partial charge in [-0.1, -0.05) is 12.1 Å². The van der Waals surface area contributed by atoms with Gasteiger partial charge in [-0.15, -0.1) is 0 Å². The fourth-order valence-corrected chi connectivity index (χ4v) is 1.59. The lowest BCUT2D eigenvalue weighted by molar-refractivity contribution is -0.131. The number of rotatable bonds is 5. The molecular formula is C14H18N2O4. The summed E-state index contributed by atoms with van der Waals surface area (Å²) < 4.78 is 0. The summed E-state index contributed by atoms with van der Waals surface area (Å²) in [5.41, 5.74) is 1.23. The molecule has 108 valence electrons. The molecule has 0 bridgehead atoms. The summed E-state index contributed by atoms with van der Waals surface area (Å²) in [5, 5.41) is 20.4. The first kappa shape index (κ1) is 15.7. The lowest BCUT2D eigenvalue weighted by Crippen LogP contribution is -2.36. The smallest absolute Gasteiger partial charge is 0.328 e. The number of aliphatic hydroxyl groups excluding tert-OH is 1. The van der Waals surface area contributed by atoms with Crippen molar-refractivity contribution in [1.82, 2.24) is 4.90 Å². The SMILES string of the molecule is CC(O)CN(C)C(=O)Nc1cccc(/C=C/C(=O)O)c1. The zero-order chi connectivity index (χ0) is 15.1. The number of carboxylic acids is 1. The van der Waals surface area contributed by atoms with E-state index >= 15 is 0 Å². The molecule has 0 aromatic heterocycles. The molecule has 1 aromatic carbocycles. The van der Waals surface area contributed by atoms with Crippen LogP contribution < -0.4 is 5.32 Å². The maximum Gasteiger partial charge on any atom is 0.328 e. The number of nitrogens with zero attached hydrogens (tertiary/aromatic N) is 1. The van der Waals surface area contributed by atoms with Crippen LogP contribution in [0.15, 0.2) is 30.3 Å². The van der Waals surface area contributed by atoms with Crippen molar-refractivity contribution in [3.8, 4) is 0 Å². The Kier molecular flexibility index (Phi) is 5.74. The van der Waals surface area contributed by atoms with Crippen LogP contribution in [0.4, 0.5) is 10.5 Å². The fraction of sp³-hybridized carbons (Fsp3) is 0.286. The Hall–Kier alpha value is -2.34. The molecule has 0 fully saturated rings. The van der Waals surface area contributed by atoms with Crippen molar-refractivity contribution in [3.05, 3.63) is 35.9 Å². The second kappa shape index (κ2) is 7.30. The van der Waals surface area contributed by atoms with Crippen molar-refractivity contribution in [2.75, 3.05) is 18.9 Å². The molecule has 0 aliphatic rings. The van der Waals surface area contributed by atoms with Crippen LogP contribution in [0, 0.1) is 0 Å². The molecule has 0 spiro atoms. The molecule has 0 aliphatic heterocycles. The number of hydrogen-bond donors (Lipinski definition) is 3. The van der Waals surface area contributed by atoms with Gasteiger partial charge in [0, 0.05) is 25.4 Å². The van der Waals surface area contributed by atoms with Crippen molar-refractivity contribution in [2.24, 2.45) is 0 Å². The molecule has 0 radical (unpaired) electrons. The van der Waals surface area contributed by atoms with Crippen molar-refractivity contribution in [2.45, 2.75) is 13.0 Å². The van der Waals surface area contributed by atoms with Crippen LogP contribution >= 0.6 is 0 Å². The Morgan fingerprint density at radius 3 is 2.75 bits per heavy atom. The highest BCUT2D eigenvalue weighted by Crippen LogP contribution is 2.12. The molecule has 6 heteroatoms. The Morgan fingerprint density at radius 2 is 2.15 bits per heavy atom. The molecule has 6 nitrogen and oxygen atoms in total. The summed E-state index contributed by atoms with van der Waals surface area (Å²) >= 11 is 0. The number of likely N-dealkylation sites (N-methyl/N-ethyl adjacent to an activating group) is 1. The van der Waals surface area contributed by atoms with Gasteiger partial charge in [0.15, 0.2) is 0 Å². The number of carbonyl (C=O) groups is 2. The van der Waals surface area contributed by atoms with Crippen LogP contribution in [-0.2, 0) is 4.79 Å².